The van der Waals surface area contributed by atoms with Gasteiger partial charge in [0, 0.05) is 0 Å². The van der Waals surface area contributed by atoms with E-state index in [1.54, 1.807) is 48.5 Å². The van der Waals surface area contributed by atoms with Gasteiger partial charge in [-0.1, -0.05) is 72.8 Å². The summed E-state index contributed by atoms with van der Waals surface area (Å²) in [6.07, 6.45) is 2.68. The Balaban J connectivity index is 1.45. The molecule has 184 valence electrons. The van der Waals surface area contributed by atoms with Crippen molar-refractivity contribution in [2.45, 2.75) is 13.3 Å². The van der Waals surface area contributed by atoms with E-state index in [4.69, 9.17) is 33.3 Å². The molecule has 0 radical (unpaired) electrons. The number of ether oxygens (including phenoxy) is 2. The minimum atomic E-state index is -0.357. The fourth-order valence-corrected chi connectivity index (χ4v) is 4.99. The third-order valence-corrected chi connectivity index (χ3v) is 7.02. The maximum atomic E-state index is 13.1. The van der Waals surface area contributed by atoms with Crippen molar-refractivity contribution in [3.05, 3.63) is 87.8 Å². The van der Waals surface area contributed by atoms with E-state index in [1.807, 2.05) is 24.3 Å². The van der Waals surface area contributed by atoms with E-state index in [0.717, 1.165) is 17.7 Å². The van der Waals surface area contributed by atoms with Crippen molar-refractivity contribution in [2.75, 3.05) is 23.9 Å². The molecule has 0 saturated carbocycles. The molecule has 2 amide bonds. The molecule has 1 N–H and O–H groups in total. The van der Waals surface area contributed by atoms with Crippen molar-refractivity contribution < 1.29 is 19.1 Å². The summed E-state index contributed by atoms with van der Waals surface area (Å²) in [5, 5.41) is 3.15. The molecule has 9 heteroatoms. The van der Waals surface area contributed by atoms with Crippen molar-refractivity contribution in [3.63, 3.8) is 0 Å². The van der Waals surface area contributed by atoms with Crippen LogP contribution in [0.2, 0.25) is 5.02 Å². The van der Waals surface area contributed by atoms with Crippen molar-refractivity contribution in [1.82, 2.24) is 0 Å². The number of hydrogen-bond acceptors (Lipinski definition) is 6. The highest BCUT2D eigenvalue weighted by atomic mass is 35.5. The molecule has 0 aliphatic carbocycles. The van der Waals surface area contributed by atoms with Crippen LogP contribution in [0.25, 0.3) is 6.08 Å². The lowest BCUT2D eigenvalue weighted by atomic mass is 10.1. The SMILES string of the molecule is CCc1ccc(N2C(=O)/C(=C/c3ccc(OCC(=O)Nc4ccccc4Cl)c(OC)c3)SC2=S)cc1. The first kappa shape index (κ1) is 25.8. The number of thioether (sulfide) groups is 1. The molecule has 0 unspecified atom stereocenters. The topological polar surface area (TPSA) is 67.9 Å². The summed E-state index contributed by atoms with van der Waals surface area (Å²) >= 11 is 12.8. The molecule has 1 heterocycles. The number of anilines is 2. The second-order valence-corrected chi connectivity index (χ2v) is 9.85. The molecule has 0 atom stereocenters. The van der Waals surface area contributed by atoms with E-state index in [1.165, 1.54) is 29.3 Å². The maximum absolute atomic E-state index is 13.1. The lowest BCUT2D eigenvalue weighted by Crippen LogP contribution is -2.27. The number of nitrogens with zero attached hydrogens (tertiary/aromatic N) is 1. The Morgan fingerprint density at radius 1 is 1.11 bits per heavy atom. The summed E-state index contributed by atoms with van der Waals surface area (Å²) in [5.74, 6) is 0.294. The summed E-state index contributed by atoms with van der Waals surface area (Å²) in [6.45, 7) is 1.86. The second-order valence-electron chi connectivity index (χ2n) is 7.76. The quantitative estimate of drug-likeness (QED) is 0.267. The number of rotatable bonds is 8. The first-order chi connectivity index (χ1) is 17.4. The van der Waals surface area contributed by atoms with Gasteiger partial charge in [-0.05, 0) is 60.0 Å². The van der Waals surface area contributed by atoms with Crippen LogP contribution in [0.1, 0.15) is 18.1 Å². The van der Waals surface area contributed by atoms with E-state index < -0.39 is 0 Å². The average molecular weight is 539 g/mol. The molecule has 1 fully saturated rings. The van der Waals surface area contributed by atoms with Gasteiger partial charge in [-0.3, -0.25) is 14.5 Å². The molecule has 0 bridgehead atoms. The van der Waals surface area contributed by atoms with Gasteiger partial charge >= 0.3 is 0 Å². The van der Waals surface area contributed by atoms with E-state index in [2.05, 4.69) is 12.2 Å². The summed E-state index contributed by atoms with van der Waals surface area (Å²) in [6, 6.07) is 20.0. The summed E-state index contributed by atoms with van der Waals surface area (Å²) in [7, 11) is 1.51. The Morgan fingerprint density at radius 2 is 1.86 bits per heavy atom. The lowest BCUT2D eigenvalue weighted by Gasteiger charge is -2.14. The van der Waals surface area contributed by atoms with Crippen molar-refractivity contribution in [1.29, 1.82) is 0 Å². The number of carbonyl (C=O) groups is 2. The van der Waals surface area contributed by atoms with Crippen molar-refractivity contribution in [2.24, 2.45) is 0 Å². The first-order valence-electron chi connectivity index (χ1n) is 11.1. The van der Waals surface area contributed by atoms with Crippen molar-refractivity contribution in [3.8, 4) is 11.5 Å². The molecule has 3 aromatic rings. The van der Waals surface area contributed by atoms with Gasteiger partial charge in [0.1, 0.15) is 0 Å². The van der Waals surface area contributed by atoms with Gasteiger partial charge in [-0.2, -0.15) is 0 Å². The van der Waals surface area contributed by atoms with Crippen LogP contribution in [0.3, 0.4) is 0 Å². The maximum Gasteiger partial charge on any atom is 0.270 e. The number of aryl methyl sites for hydroxylation is 1. The zero-order valence-electron chi connectivity index (χ0n) is 19.6. The van der Waals surface area contributed by atoms with Gasteiger partial charge in [0.2, 0.25) is 0 Å². The summed E-state index contributed by atoms with van der Waals surface area (Å²) < 4.78 is 11.6. The van der Waals surface area contributed by atoms with Crippen LogP contribution >= 0.6 is 35.6 Å². The fourth-order valence-electron chi connectivity index (χ4n) is 3.51. The number of nitrogens with one attached hydrogen (secondary N) is 1. The molecule has 6 nitrogen and oxygen atoms in total. The van der Waals surface area contributed by atoms with Gasteiger partial charge in [0.05, 0.1) is 28.4 Å². The molecule has 1 saturated heterocycles. The Morgan fingerprint density at radius 3 is 2.56 bits per heavy atom. The highest BCUT2D eigenvalue weighted by molar-refractivity contribution is 8.27. The molecule has 3 aromatic carbocycles. The number of thiocarbonyl (C=S) groups is 1. The van der Waals surface area contributed by atoms with Crippen LogP contribution in [0.15, 0.2) is 71.6 Å². The molecule has 1 aliphatic heterocycles. The Bertz CT molecular complexity index is 1340. The van der Waals surface area contributed by atoms with Gasteiger partial charge in [-0.15, -0.1) is 0 Å². The minimum Gasteiger partial charge on any atom is -0.493 e. The summed E-state index contributed by atoms with van der Waals surface area (Å²) in [5.41, 5.74) is 3.18. The number of methoxy groups -OCH3 is 1. The van der Waals surface area contributed by atoms with Gasteiger partial charge < -0.3 is 14.8 Å². The molecular formula is C27H23ClN2O4S2. The second kappa shape index (κ2) is 11.6. The Kier molecular flexibility index (Phi) is 8.30. The number of para-hydroxylation sites is 1. The largest absolute Gasteiger partial charge is 0.493 e. The number of carbonyl (C=O) groups excluding carboxylic acids is 2. The molecule has 0 spiro atoms. The van der Waals surface area contributed by atoms with E-state index >= 15 is 0 Å². The van der Waals surface area contributed by atoms with Crippen LogP contribution in [0.5, 0.6) is 11.5 Å². The summed E-state index contributed by atoms with van der Waals surface area (Å²) in [4.78, 5) is 27.4. The normalized spacial score (nSPS) is 14.3. The average Bonchev–Trinajstić information content (AvgIpc) is 3.16. The highest BCUT2D eigenvalue weighted by Gasteiger charge is 2.33. The Labute approximate surface area is 224 Å². The third kappa shape index (κ3) is 5.90. The zero-order chi connectivity index (χ0) is 25.7. The minimum absolute atomic E-state index is 0.176. The first-order valence-corrected chi connectivity index (χ1v) is 12.7. The number of amides is 2. The van der Waals surface area contributed by atoms with Crippen molar-refractivity contribution >= 4 is 69.2 Å². The van der Waals surface area contributed by atoms with Crippen LogP contribution in [-0.4, -0.2) is 29.9 Å². The van der Waals surface area contributed by atoms with Crippen LogP contribution in [0.4, 0.5) is 11.4 Å². The van der Waals surface area contributed by atoms with Gasteiger partial charge in [0.25, 0.3) is 11.8 Å². The number of hydrogen-bond donors (Lipinski definition) is 1. The van der Waals surface area contributed by atoms with Crippen LogP contribution < -0.4 is 19.7 Å². The van der Waals surface area contributed by atoms with Gasteiger partial charge in [0.15, 0.2) is 22.4 Å². The third-order valence-electron chi connectivity index (χ3n) is 5.39. The van der Waals surface area contributed by atoms with Gasteiger partial charge in [-0.25, -0.2) is 0 Å². The molecular weight excluding hydrogens is 516 g/mol. The fraction of sp³-hybridized carbons (Fsp3) is 0.148. The van der Waals surface area contributed by atoms with E-state index in [0.29, 0.717) is 31.4 Å². The Hall–Kier alpha value is -3.33. The molecule has 0 aromatic heterocycles. The standard InChI is InChI=1S/C27H23ClN2O4S2/c1-3-17-8-11-19(12-9-17)30-26(32)24(36-27(30)35)15-18-10-13-22(23(14-18)33-2)34-16-25(31)29-21-7-5-4-6-20(21)28/h4-15H,3,16H2,1-2H3,(H,29,31)/b24-15-. The smallest absolute Gasteiger partial charge is 0.270 e. The predicted molar refractivity (Wildman–Crippen MR) is 150 cm³/mol. The molecule has 1 aliphatic rings. The monoisotopic (exact) mass is 538 g/mol. The van der Waals surface area contributed by atoms with E-state index in [9.17, 15) is 9.59 Å². The number of benzene rings is 3. The number of halogens is 1. The lowest BCUT2D eigenvalue weighted by molar-refractivity contribution is -0.118. The van der Waals surface area contributed by atoms with E-state index in [-0.39, 0.29) is 18.4 Å². The highest BCUT2D eigenvalue weighted by Crippen LogP contribution is 2.37. The molecule has 4 rings (SSSR count). The zero-order valence-corrected chi connectivity index (χ0v) is 22.0. The van der Waals surface area contributed by atoms with Crippen LogP contribution in [-0.2, 0) is 16.0 Å². The van der Waals surface area contributed by atoms with Crippen LogP contribution in [0, 0.1) is 0 Å². The predicted octanol–water partition coefficient (Wildman–Crippen LogP) is 6.33. The molecule has 36 heavy (non-hydrogen) atoms.